The highest BCUT2D eigenvalue weighted by atomic mass is 19.4. The fourth-order valence-electron chi connectivity index (χ4n) is 7.27. The number of alkyl halides is 3. The van der Waals surface area contributed by atoms with Crippen LogP contribution in [-0.4, -0.2) is 38.7 Å². The molecule has 3 heterocycles. The fourth-order valence-corrected chi connectivity index (χ4v) is 7.27. The lowest BCUT2D eigenvalue weighted by Crippen LogP contribution is -2.37. The van der Waals surface area contributed by atoms with Gasteiger partial charge in [-0.05, 0) is 66.8 Å². The second kappa shape index (κ2) is 11.4. The van der Waals surface area contributed by atoms with Gasteiger partial charge in [0.05, 0.1) is 18.9 Å². The molecule has 1 saturated heterocycles. The summed E-state index contributed by atoms with van der Waals surface area (Å²) >= 11 is 0. The number of halogens is 3. The predicted molar refractivity (Wildman–Crippen MR) is 179 cm³/mol. The number of ether oxygens (including phenoxy) is 3. The molecule has 8 rings (SSSR count). The van der Waals surface area contributed by atoms with E-state index in [2.05, 4.69) is 88.2 Å². The van der Waals surface area contributed by atoms with E-state index in [1.54, 1.807) is 12.1 Å². The van der Waals surface area contributed by atoms with Gasteiger partial charge in [-0.25, -0.2) is 0 Å². The summed E-state index contributed by atoms with van der Waals surface area (Å²) in [6.45, 7) is 5.21. The zero-order valence-corrected chi connectivity index (χ0v) is 25.8. The van der Waals surface area contributed by atoms with Crippen molar-refractivity contribution >= 4 is 33.9 Å². The Balaban J connectivity index is 1.27. The molecule has 8 heteroatoms. The molecule has 5 aromatic carbocycles. The molecule has 0 spiro atoms. The molecule has 0 bridgehead atoms. The highest BCUT2D eigenvalue weighted by Gasteiger charge is 2.39. The SMILES string of the molecule is CC1Cc2ccccc2N1c1cc2c(c3ccccc13)C=CC(c1ccc(OC(F)(F)F)cc1)(c1ccc(N3CCOCC3)cc1)O2. The molecule has 5 nitrogen and oxygen atoms in total. The molecule has 47 heavy (non-hydrogen) atoms. The van der Waals surface area contributed by atoms with E-state index in [4.69, 9.17) is 9.47 Å². The van der Waals surface area contributed by atoms with Crippen LogP contribution < -0.4 is 19.3 Å². The maximum atomic E-state index is 13.0. The second-order valence-electron chi connectivity index (χ2n) is 12.3. The molecule has 5 aromatic rings. The average Bonchev–Trinajstić information content (AvgIpc) is 3.43. The lowest BCUT2D eigenvalue weighted by Gasteiger charge is -2.38. The Kier molecular flexibility index (Phi) is 7.13. The number of hydrogen-bond donors (Lipinski definition) is 0. The predicted octanol–water partition coefficient (Wildman–Crippen LogP) is 9.01. The first-order chi connectivity index (χ1) is 22.8. The molecule has 0 saturated carbocycles. The fraction of sp³-hybridized carbons (Fsp3) is 0.231. The molecule has 2 atom stereocenters. The lowest BCUT2D eigenvalue weighted by atomic mass is 9.83. The van der Waals surface area contributed by atoms with Crippen molar-refractivity contribution in [1.29, 1.82) is 0 Å². The Morgan fingerprint density at radius 1 is 0.787 bits per heavy atom. The minimum atomic E-state index is -4.78. The Labute approximate surface area is 271 Å². The van der Waals surface area contributed by atoms with Gasteiger partial charge in [-0.15, -0.1) is 13.2 Å². The third kappa shape index (κ3) is 5.26. The molecule has 3 aliphatic heterocycles. The molecule has 3 aliphatic rings. The molecule has 0 aromatic heterocycles. The van der Waals surface area contributed by atoms with Crippen molar-refractivity contribution in [1.82, 2.24) is 0 Å². The molecule has 0 radical (unpaired) electrons. The minimum absolute atomic E-state index is 0.242. The van der Waals surface area contributed by atoms with E-state index in [9.17, 15) is 13.2 Å². The van der Waals surface area contributed by atoms with E-state index in [1.807, 2.05) is 24.3 Å². The van der Waals surface area contributed by atoms with Gasteiger partial charge in [-0.2, -0.15) is 0 Å². The molecular formula is C39H33F3N2O3. The van der Waals surface area contributed by atoms with Crippen molar-refractivity contribution < 1.29 is 27.4 Å². The van der Waals surface area contributed by atoms with Crippen LogP contribution in [0.5, 0.6) is 11.5 Å². The van der Waals surface area contributed by atoms with Crippen molar-refractivity contribution in [2.45, 2.75) is 31.3 Å². The first-order valence-corrected chi connectivity index (χ1v) is 15.9. The zero-order valence-electron chi connectivity index (χ0n) is 25.8. The summed E-state index contributed by atoms with van der Waals surface area (Å²) in [7, 11) is 0. The van der Waals surface area contributed by atoms with Gasteiger partial charge in [0, 0.05) is 58.6 Å². The number of fused-ring (bicyclic) bond motifs is 4. The number of para-hydroxylation sites is 1. The molecule has 1 fully saturated rings. The number of anilines is 3. The van der Waals surface area contributed by atoms with Crippen LogP contribution in [0, 0.1) is 0 Å². The molecule has 2 unspecified atom stereocenters. The van der Waals surface area contributed by atoms with Crippen molar-refractivity contribution in [2.24, 2.45) is 0 Å². The van der Waals surface area contributed by atoms with Gasteiger partial charge >= 0.3 is 6.36 Å². The maximum Gasteiger partial charge on any atom is 0.573 e. The van der Waals surface area contributed by atoms with Gasteiger partial charge in [0.25, 0.3) is 0 Å². The van der Waals surface area contributed by atoms with E-state index in [-0.39, 0.29) is 11.8 Å². The van der Waals surface area contributed by atoms with E-state index in [0.717, 1.165) is 52.8 Å². The second-order valence-corrected chi connectivity index (χ2v) is 12.3. The van der Waals surface area contributed by atoms with E-state index in [0.29, 0.717) is 24.5 Å². The highest BCUT2D eigenvalue weighted by Crippen LogP contribution is 2.49. The smallest absolute Gasteiger partial charge is 0.473 e. The summed E-state index contributed by atoms with van der Waals surface area (Å²) in [4.78, 5) is 4.67. The number of morpholine rings is 1. The number of nitrogens with zero attached hydrogens (tertiary/aromatic N) is 2. The maximum absolute atomic E-state index is 13.0. The summed E-state index contributed by atoms with van der Waals surface area (Å²) in [6, 6.07) is 33.4. The van der Waals surface area contributed by atoms with Crippen LogP contribution >= 0.6 is 0 Å². The van der Waals surface area contributed by atoms with Crippen molar-refractivity contribution in [3.05, 3.63) is 131 Å². The first kappa shape index (κ1) is 29.5. The summed E-state index contributed by atoms with van der Waals surface area (Å²) in [5, 5.41) is 2.19. The average molecular weight is 635 g/mol. The van der Waals surface area contributed by atoms with Gasteiger partial charge < -0.3 is 24.0 Å². The third-order valence-electron chi connectivity index (χ3n) is 9.44. The zero-order chi connectivity index (χ0) is 32.2. The van der Waals surface area contributed by atoms with Crippen molar-refractivity contribution in [3.63, 3.8) is 0 Å². The van der Waals surface area contributed by atoms with Crippen LogP contribution in [0.15, 0.2) is 109 Å². The normalized spacial score (nSPS) is 20.6. The van der Waals surface area contributed by atoms with Crippen LogP contribution in [0.2, 0.25) is 0 Å². The van der Waals surface area contributed by atoms with Crippen LogP contribution in [0.4, 0.5) is 30.2 Å². The van der Waals surface area contributed by atoms with Crippen molar-refractivity contribution in [3.8, 4) is 11.5 Å². The van der Waals surface area contributed by atoms with Crippen LogP contribution in [0.1, 0.15) is 29.2 Å². The van der Waals surface area contributed by atoms with E-state index in [1.165, 1.54) is 23.4 Å². The summed E-state index contributed by atoms with van der Waals surface area (Å²) in [5.41, 5.74) is 6.01. The number of hydrogen-bond acceptors (Lipinski definition) is 5. The molecular weight excluding hydrogens is 601 g/mol. The van der Waals surface area contributed by atoms with Gasteiger partial charge in [0.1, 0.15) is 11.5 Å². The summed E-state index contributed by atoms with van der Waals surface area (Å²) < 4.78 is 56.0. The number of benzene rings is 5. The van der Waals surface area contributed by atoms with Gasteiger partial charge in [0.2, 0.25) is 0 Å². The third-order valence-corrected chi connectivity index (χ3v) is 9.44. The Hall–Kier alpha value is -4.95. The quantitative estimate of drug-likeness (QED) is 0.193. The van der Waals surface area contributed by atoms with Gasteiger partial charge in [-0.3, -0.25) is 0 Å². The van der Waals surface area contributed by atoms with Crippen LogP contribution in [-0.2, 0) is 16.8 Å². The Bertz CT molecular complexity index is 1970. The largest absolute Gasteiger partial charge is 0.573 e. The highest BCUT2D eigenvalue weighted by molar-refractivity contribution is 6.04. The number of rotatable bonds is 5. The standard InChI is InChI=1S/C39H33F3N2O3/c1-26-24-27-6-2-5-9-35(27)44(26)36-25-37-34(32-7-3-4-8-33(32)36)18-19-38(47-37,29-12-16-31(17-13-29)46-39(40,41)42)28-10-14-30(15-11-28)43-20-22-45-23-21-43/h2-19,25-26H,20-24H2,1H3. The Morgan fingerprint density at radius 2 is 1.45 bits per heavy atom. The van der Waals surface area contributed by atoms with Crippen LogP contribution in [0.25, 0.3) is 16.8 Å². The van der Waals surface area contributed by atoms with Crippen LogP contribution in [0.3, 0.4) is 0 Å². The molecule has 0 aliphatic carbocycles. The van der Waals surface area contributed by atoms with E-state index < -0.39 is 12.0 Å². The lowest BCUT2D eigenvalue weighted by molar-refractivity contribution is -0.274. The summed E-state index contributed by atoms with van der Waals surface area (Å²) in [5.74, 6) is 0.417. The summed E-state index contributed by atoms with van der Waals surface area (Å²) in [6.07, 6.45) is 0.256. The Morgan fingerprint density at radius 3 is 2.17 bits per heavy atom. The minimum Gasteiger partial charge on any atom is -0.473 e. The monoisotopic (exact) mass is 634 g/mol. The molecule has 238 valence electrons. The van der Waals surface area contributed by atoms with E-state index >= 15 is 0 Å². The molecule has 0 amide bonds. The first-order valence-electron chi connectivity index (χ1n) is 15.9. The van der Waals surface area contributed by atoms with Gasteiger partial charge in [-0.1, -0.05) is 66.7 Å². The van der Waals surface area contributed by atoms with Crippen molar-refractivity contribution in [2.75, 3.05) is 36.1 Å². The molecule has 0 N–H and O–H groups in total. The topological polar surface area (TPSA) is 34.2 Å². The van der Waals surface area contributed by atoms with Gasteiger partial charge in [0.15, 0.2) is 5.60 Å².